The van der Waals surface area contributed by atoms with E-state index in [0.29, 0.717) is 22.9 Å². The molecule has 4 aliphatic rings. The van der Waals surface area contributed by atoms with Gasteiger partial charge >= 0.3 is 0 Å². The molecule has 4 heterocycles. The van der Waals surface area contributed by atoms with Gasteiger partial charge in [0.25, 0.3) is 0 Å². The quantitative estimate of drug-likeness (QED) is 0.578. The van der Waals surface area contributed by atoms with Crippen molar-refractivity contribution in [2.75, 3.05) is 23.7 Å². The lowest BCUT2D eigenvalue weighted by Gasteiger charge is -2.36. The summed E-state index contributed by atoms with van der Waals surface area (Å²) < 4.78 is 11.0. The first-order valence-corrected chi connectivity index (χ1v) is 12.6. The molecule has 4 aliphatic heterocycles. The number of hydrogen-bond acceptors (Lipinski definition) is 6. The minimum absolute atomic E-state index is 0.0431. The summed E-state index contributed by atoms with van der Waals surface area (Å²) in [6.45, 7) is 0.149. The predicted molar refractivity (Wildman–Crippen MR) is 129 cm³/mol. The molecule has 3 aromatic carbocycles. The van der Waals surface area contributed by atoms with Gasteiger partial charge in [-0.2, -0.15) is 0 Å². The number of nitrogens with zero attached hydrogens (tertiary/aromatic N) is 1. The van der Waals surface area contributed by atoms with E-state index in [1.54, 1.807) is 18.2 Å². The number of Topliss-reactive ketones (excluding diaryl/α,β-unsaturated/α-hetero) is 1. The van der Waals surface area contributed by atoms with Gasteiger partial charge in [0.1, 0.15) is 5.54 Å². The van der Waals surface area contributed by atoms with Crippen LogP contribution in [0.5, 0.6) is 11.5 Å². The van der Waals surface area contributed by atoms with Gasteiger partial charge in [-0.1, -0.05) is 48.5 Å². The van der Waals surface area contributed by atoms with E-state index in [1.165, 1.54) is 0 Å². The van der Waals surface area contributed by atoms with Crippen LogP contribution in [0.1, 0.15) is 27.4 Å². The van der Waals surface area contributed by atoms with Crippen LogP contribution in [0.3, 0.4) is 0 Å². The molecule has 0 radical (unpaired) electrons. The number of rotatable bonds is 3. The molecule has 4 atom stereocenters. The Hall–Kier alpha value is -3.29. The summed E-state index contributed by atoms with van der Waals surface area (Å²) in [5.74, 6) is 1.94. The second-order valence-corrected chi connectivity index (χ2v) is 10.1. The largest absolute Gasteiger partial charge is 0.454 e. The molecule has 7 rings (SSSR count). The van der Waals surface area contributed by atoms with Gasteiger partial charge in [0.15, 0.2) is 17.3 Å². The zero-order valence-electron chi connectivity index (χ0n) is 18.3. The van der Waals surface area contributed by atoms with Crippen molar-refractivity contribution in [3.8, 4) is 11.5 Å². The van der Waals surface area contributed by atoms with Gasteiger partial charge in [-0.25, -0.2) is 0 Å². The van der Waals surface area contributed by atoms with E-state index in [2.05, 4.69) is 22.3 Å². The number of ketones is 1. The molecule has 3 aromatic rings. The number of thioether (sulfide) groups is 1. The molecule has 2 saturated heterocycles. The van der Waals surface area contributed by atoms with E-state index in [-0.39, 0.29) is 30.4 Å². The summed E-state index contributed by atoms with van der Waals surface area (Å²) in [6, 6.07) is 23.4. The molecule has 0 aliphatic carbocycles. The van der Waals surface area contributed by atoms with Crippen LogP contribution in [0.25, 0.3) is 0 Å². The fourth-order valence-corrected chi connectivity index (χ4v) is 7.64. The maximum absolute atomic E-state index is 14.5. The molecule has 0 saturated carbocycles. The standard InChI is InChI=1S/C27H22N2O4S/c30-25(17-10-11-21-22(12-17)33-15-32-21)24-23(16-6-2-1-3-7-16)20-13-34-14-29(20)27(24)18-8-4-5-9-19(18)28-26(27)31/h1-12,20,23-24H,13-15H2,(H,28,31)/t20-,23-,24+,27+/m1/s1. The maximum atomic E-state index is 14.5. The summed E-state index contributed by atoms with van der Waals surface area (Å²) in [7, 11) is 0. The number of ether oxygens (including phenoxy) is 2. The van der Waals surface area contributed by atoms with Crippen LogP contribution >= 0.6 is 11.8 Å². The number of anilines is 1. The third-order valence-corrected chi connectivity index (χ3v) is 8.69. The zero-order valence-corrected chi connectivity index (χ0v) is 19.1. The molecule has 170 valence electrons. The molecule has 1 amide bonds. The summed E-state index contributed by atoms with van der Waals surface area (Å²) in [6.07, 6.45) is 0. The second kappa shape index (κ2) is 7.35. The number of nitrogens with one attached hydrogen (secondary N) is 1. The second-order valence-electron chi connectivity index (χ2n) is 9.15. The highest BCUT2D eigenvalue weighted by molar-refractivity contribution is 7.99. The van der Waals surface area contributed by atoms with E-state index in [1.807, 2.05) is 54.2 Å². The van der Waals surface area contributed by atoms with Gasteiger partial charge in [0.2, 0.25) is 12.7 Å². The lowest BCUT2D eigenvalue weighted by molar-refractivity contribution is -0.127. The fraction of sp³-hybridized carbons (Fsp3) is 0.259. The Morgan fingerprint density at radius 3 is 2.68 bits per heavy atom. The van der Waals surface area contributed by atoms with Gasteiger partial charge in [-0.05, 0) is 29.8 Å². The van der Waals surface area contributed by atoms with Crippen molar-refractivity contribution >= 4 is 29.1 Å². The Morgan fingerprint density at radius 2 is 1.79 bits per heavy atom. The Morgan fingerprint density at radius 1 is 1.00 bits per heavy atom. The average Bonchev–Trinajstić information content (AvgIpc) is 3.63. The average molecular weight is 471 g/mol. The number of benzene rings is 3. The smallest absolute Gasteiger partial charge is 0.250 e. The third-order valence-electron chi connectivity index (χ3n) is 7.65. The molecular formula is C27H22N2O4S. The lowest BCUT2D eigenvalue weighted by Crippen LogP contribution is -2.52. The molecule has 34 heavy (non-hydrogen) atoms. The zero-order chi connectivity index (χ0) is 22.9. The van der Waals surface area contributed by atoms with Crippen molar-refractivity contribution in [2.45, 2.75) is 17.5 Å². The van der Waals surface area contributed by atoms with E-state index in [0.717, 1.165) is 22.6 Å². The highest BCUT2D eigenvalue weighted by Gasteiger charge is 2.69. The van der Waals surface area contributed by atoms with Gasteiger partial charge < -0.3 is 14.8 Å². The number of carbonyl (C=O) groups excluding carboxylic acids is 2. The molecule has 1 N–H and O–H groups in total. The SMILES string of the molecule is O=C(c1ccc2c(c1)OCO2)[C@@H]1[C@H](c2ccccc2)[C@H]2CSCN2[C@]12C(=O)Nc1ccccc12. The van der Waals surface area contributed by atoms with Gasteiger partial charge in [-0.3, -0.25) is 14.5 Å². The number of para-hydroxylation sites is 1. The summed E-state index contributed by atoms with van der Waals surface area (Å²) in [5, 5.41) is 3.11. The monoisotopic (exact) mass is 470 g/mol. The molecule has 7 heteroatoms. The summed E-state index contributed by atoms with van der Waals surface area (Å²) in [5.41, 5.74) is 2.26. The van der Waals surface area contributed by atoms with E-state index in [4.69, 9.17) is 9.47 Å². The normalized spacial score (nSPS) is 28.7. The molecule has 1 spiro atoms. The van der Waals surface area contributed by atoms with Crippen LogP contribution in [0, 0.1) is 5.92 Å². The van der Waals surface area contributed by atoms with E-state index < -0.39 is 11.5 Å². The van der Waals surface area contributed by atoms with Gasteiger partial charge in [-0.15, -0.1) is 11.8 Å². The maximum Gasteiger partial charge on any atom is 0.250 e. The van der Waals surface area contributed by atoms with E-state index >= 15 is 0 Å². The Bertz CT molecular complexity index is 1330. The van der Waals surface area contributed by atoms with Crippen molar-refractivity contribution < 1.29 is 19.1 Å². The van der Waals surface area contributed by atoms with Gasteiger partial charge in [0, 0.05) is 40.4 Å². The molecule has 0 bridgehead atoms. The van der Waals surface area contributed by atoms with Gasteiger partial charge in [0.05, 0.1) is 5.92 Å². The molecular weight excluding hydrogens is 448 g/mol. The minimum Gasteiger partial charge on any atom is -0.454 e. The predicted octanol–water partition coefficient (Wildman–Crippen LogP) is 4.23. The first kappa shape index (κ1) is 20.1. The number of carbonyl (C=O) groups is 2. The van der Waals surface area contributed by atoms with Crippen LogP contribution in [-0.2, 0) is 10.3 Å². The highest BCUT2D eigenvalue weighted by Crippen LogP contribution is 2.61. The fourth-order valence-electron chi connectivity index (χ4n) is 6.31. The van der Waals surface area contributed by atoms with Crippen LogP contribution in [0.4, 0.5) is 5.69 Å². The van der Waals surface area contributed by atoms with E-state index in [9.17, 15) is 9.59 Å². The molecule has 0 unspecified atom stereocenters. The van der Waals surface area contributed by atoms with Crippen LogP contribution in [0.15, 0.2) is 72.8 Å². The van der Waals surface area contributed by atoms with Crippen molar-refractivity contribution in [3.63, 3.8) is 0 Å². The summed E-state index contributed by atoms with van der Waals surface area (Å²) >= 11 is 1.83. The van der Waals surface area contributed by atoms with Crippen LogP contribution < -0.4 is 14.8 Å². The Balaban J connectivity index is 1.46. The topological polar surface area (TPSA) is 67.9 Å². The van der Waals surface area contributed by atoms with Crippen molar-refractivity contribution in [1.29, 1.82) is 0 Å². The first-order chi connectivity index (χ1) is 16.7. The van der Waals surface area contributed by atoms with Crippen molar-refractivity contribution in [3.05, 3.63) is 89.5 Å². The Labute approximate surface area is 201 Å². The van der Waals surface area contributed by atoms with Crippen LogP contribution in [0.2, 0.25) is 0 Å². The minimum atomic E-state index is -1.06. The van der Waals surface area contributed by atoms with Crippen molar-refractivity contribution in [1.82, 2.24) is 4.90 Å². The number of fused-ring (bicyclic) bond motifs is 5. The summed E-state index contributed by atoms with van der Waals surface area (Å²) in [4.78, 5) is 30.7. The first-order valence-electron chi connectivity index (χ1n) is 11.4. The molecule has 2 fully saturated rings. The molecule has 6 nitrogen and oxygen atoms in total. The van der Waals surface area contributed by atoms with Crippen LogP contribution in [-0.4, -0.2) is 41.1 Å². The molecule has 0 aromatic heterocycles. The number of hydrogen-bond donors (Lipinski definition) is 1. The highest BCUT2D eigenvalue weighted by atomic mass is 32.2. The number of amides is 1. The Kier molecular flexibility index (Phi) is 4.35. The third kappa shape index (κ3) is 2.56. The van der Waals surface area contributed by atoms with Crippen molar-refractivity contribution in [2.24, 2.45) is 5.92 Å². The lowest BCUT2D eigenvalue weighted by atomic mass is 9.69.